The molecule has 3 aromatic rings. The molecule has 0 aliphatic heterocycles. The Bertz CT molecular complexity index is 833. The minimum Gasteiger partial charge on any atom is -0.492 e. The molecule has 3 rings (SSSR count). The highest BCUT2D eigenvalue weighted by atomic mass is 32.2. The Morgan fingerprint density at radius 1 is 1.08 bits per heavy atom. The molecule has 0 radical (unpaired) electrons. The molecule has 2 heterocycles. The summed E-state index contributed by atoms with van der Waals surface area (Å²) in [4.78, 5) is 4.06. The van der Waals surface area contributed by atoms with Crippen LogP contribution in [0.4, 0.5) is 0 Å². The molecule has 25 heavy (non-hydrogen) atoms. The summed E-state index contributed by atoms with van der Waals surface area (Å²) in [6.45, 7) is 7.70. The number of benzene rings is 1. The van der Waals surface area contributed by atoms with Crippen molar-refractivity contribution < 1.29 is 4.74 Å². The average Bonchev–Trinajstić information content (AvgIpc) is 3.05. The SMILES string of the molecule is CCn1c(SCCOc2cc(C)ccc2C)nnc1-c1ccncc1. The maximum atomic E-state index is 5.92. The van der Waals surface area contributed by atoms with Gasteiger partial charge in [0.25, 0.3) is 0 Å². The molecule has 0 amide bonds. The van der Waals surface area contributed by atoms with Gasteiger partial charge in [0, 0.05) is 30.3 Å². The predicted octanol–water partition coefficient (Wildman–Crippen LogP) is 4.15. The Balaban J connectivity index is 1.62. The number of rotatable bonds is 7. The third-order valence-corrected chi connectivity index (χ3v) is 4.82. The van der Waals surface area contributed by atoms with E-state index in [9.17, 15) is 0 Å². The van der Waals surface area contributed by atoms with Crippen molar-refractivity contribution in [3.05, 3.63) is 53.9 Å². The van der Waals surface area contributed by atoms with Crippen LogP contribution < -0.4 is 4.74 Å². The van der Waals surface area contributed by atoms with Crippen molar-refractivity contribution in [2.24, 2.45) is 0 Å². The van der Waals surface area contributed by atoms with Crippen LogP contribution in [0.25, 0.3) is 11.4 Å². The second-order valence-corrected chi connectivity index (χ2v) is 6.81. The van der Waals surface area contributed by atoms with Crippen LogP contribution >= 0.6 is 11.8 Å². The summed E-state index contributed by atoms with van der Waals surface area (Å²) in [5.41, 5.74) is 3.40. The quantitative estimate of drug-likeness (QED) is 0.471. The fraction of sp³-hybridized carbons (Fsp3) is 0.316. The average molecular weight is 354 g/mol. The van der Waals surface area contributed by atoms with E-state index in [1.54, 1.807) is 24.2 Å². The monoisotopic (exact) mass is 354 g/mol. The molecular formula is C19H22N4OS. The molecule has 0 aliphatic rings. The maximum Gasteiger partial charge on any atom is 0.191 e. The summed E-state index contributed by atoms with van der Waals surface area (Å²) < 4.78 is 8.04. The van der Waals surface area contributed by atoms with Gasteiger partial charge in [-0.2, -0.15) is 0 Å². The van der Waals surface area contributed by atoms with E-state index in [0.717, 1.165) is 40.2 Å². The molecule has 0 saturated heterocycles. The Kier molecular flexibility index (Phi) is 5.71. The maximum absolute atomic E-state index is 5.92. The van der Waals surface area contributed by atoms with Crippen molar-refractivity contribution in [2.75, 3.05) is 12.4 Å². The summed E-state index contributed by atoms with van der Waals surface area (Å²) in [7, 11) is 0. The highest BCUT2D eigenvalue weighted by molar-refractivity contribution is 7.99. The molecule has 2 aromatic heterocycles. The number of hydrogen-bond donors (Lipinski definition) is 0. The highest BCUT2D eigenvalue weighted by Crippen LogP contribution is 2.24. The molecule has 0 N–H and O–H groups in total. The number of hydrogen-bond acceptors (Lipinski definition) is 5. The van der Waals surface area contributed by atoms with Crippen molar-refractivity contribution >= 4 is 11.8 Å². The van der Waals surface area contributed by atoms with Crippen molar-refractivity contribution in [3.63, 3.8) is 0 Å². The fourth-order valence-corrected chi connectivity index (χ4v) is 3.36. The van der Waals surface area contributed by atoms with E-state index in [1.807, 2.05) is 12.1 Å². The van der Waals surface area contributed by atoms with E-state index in [1.165, 1.54) is 5.56 Å². The van der Waals surface area contributed by atoms with Gasteiger partial charge in [-0.1, -0.05) is 23.9 Å². The van der Waals surface area contributed by atoms with Crippen LogP contribution in [-0.2, 0) is 6.54 Å². The van der Waals surface area contributed by atoms with Gasteiger partial charge < -0.3 is 9.30 Å². The topological polar surface area (TPSA) is 52.8 Å². The molecule has 0 unspecified atom stereocenters. The molecule has 0 spiro atoms. The second-order valence-electron chi connectivity index (χ2n) is 5.75. The van der Waals surface area contributed by atoms with Gasteiger partial charge in [0.1, 0.15) is 5.75 Å². The Hall–Kier alpha value is -2.34. The van der Waals surface area contributed by atoms with Gasteiger partial charge in [-0.05, 0) is 50.1 Å². The van der Waals surface area contributed by atoms with E-state index >= 15 is 0 Å². The minimum atomic E-state index is 0.635. The van der Waals surface area contributed by atoms with E-state index in [0.29, 0.717) is 6.61 Å². The zero-order valence-corrected chi connectivity index (χ0v) is 15.6. The lowest BCUT2D eigenvalue weighted by molar-refractivity contribution is 0.341. The van der Waals surface area contributed by atoms with Gasteiger partial charge in [0.05, 0.1) is 6.61 Å². The molecule has 6 heteroatoms. The number of thioether (sulfide) groups is 1. The molecular weight excluding hydrogens is 332 g/mol. The number of pyridine rings is 1. The van der Waals surface area contributed by atoms with Gasteiger partial charge >= 0.3 is 0 Å². The fourth-order valence-electron chi connectivity index (χ4n) is 2.54. The van der Waals surface area contributed by atoms with E-state index in [4.69, 9.17) is 4.74 Å². The zero-order chi connectivity index (χ0) is 17.6. The number of aromatic nitrogens is 4. The molecule has 0 fully saturated rings. The van der Waals surface area contributed by atoms with Crippen LogP contribution in [-0.4, -0.2) is 32.1 Å². The van der Waals surface area contributed by atoms with Crippen LogP contribution in [0.1, 0.15) is 18.1 Å². The number of nitrogens with zero attached hydrogens (tertiary/aromatic N) is 4. The van der Waals surface area contributed by atoms with Crippen molar-refractivity contribution in [3.8, 4) is 17.1 Å². The van der Waals surface area contributed by atoms with Crippen LogP contribution in [0.2, 0.25) is 0 Å². The largest absolute Gasteiger partial charge is 0.492 e. The van der Waals surface area contributed by atoms with Crippen LogP contribution in [0, 0.1) is 13.8 Å². The van der Waals surface area contributed by atoms with Crippen LogP contribution in [0.5, 0.6) is 5.75 Å². The predicted molar refractivity (Wildman–Crippen MR) is 101 cm³/mol. The first-order valence-electron chi connectivity index (χ1n) is 8.35. The first kappa shape index (κ1) is 17.5. The summed E-state index contributed by atoms with van der Waals surface area (Å²) in [5, 5.41) is 9.60. The van der Waals surface area contributed by atoms with Crippen LogP contribution in [0.15, 0.2) is 47.9 Å². The molecule has 0 bridgehead atoms. The zero-order valence-electron chi connectivity index (χ0n) is 14.8. The molecule has 0 saturated carbocycles. The lowest BCUT2D eigenvalue weighted by Crippen LogP contribution is -2.04. The van der Waals surface area contributed by atoms with Gasteiger partial charge in [0.2, 0.25) is 0 Å². The summed E-state index contributed by atoms with van der Waals surface area (Å²) >= 11 is 1.67. The summed E-state index contributed by atoms with van der Waals surface area (Å²) in [5.74, 6) is 2.65. The van der Waals surface area contributed by atoms with Gasteiger partial charge in [-0.25, -0.2) is 0 Å². The Labute approximate surface area is 152 Å². The van der Waals surface area contributed by atoms with Crippen molar-refractivity contribution in [2.45, 2.75) is 32.5 Å². The molecule has 5 nitrogen and oxygen atoms in total. The third kappa shape index (κ3) is 4.20. The van der Waals surface area contributed by atoms with E-state index in [-0.39, 0.29) is 0 Å². The third-order valence-electron chi connectivity index (χ3n) is 3.89. The molecule has 0 atom stereocenters. The lowest BCUT2D eigenvalue weighted by Gasteiger charge is -2.10. The standard InChI is InChI=1S/C19H22N4OS/c1-4-23-18(16-7-9-20-10-8-16)21-22-19(23)25-12-11-24-17-13-14(2)5-6-15(17)3/h5-10,13H,4,11-12H2,1-3H3. The summed E-state index contributed by atoms with van der Waals surface area (Å²) in [6, 6.07) is 10.2. The molecule has 1 aromatic carbocycles. The van der Waals surface area contributed by atoms with Crippen LogP contribution in [0.3, 0.4) is 0 Å². The van der Waals surface area contributed by atoms with Gasteiger partial charge in [0.15, 0.2) is 11.0 Å². The Morgan fingerprint density at radius 2 is 1.88 bits per heavy atom. The first-order valence-corrected chi connectivity index (χ1v) is 9.34. The van der Waals surface area contributed by atoms with Crippen molar-refractivity contribution in [1.29, 1.82) is 0 Å². The highest BCUT2D eigenvalue weighted by Gasteiger charge is 2.13. The van der Waals surface area contributed by atoms with E-state index in [2.05, 4.69) is 58.7 Å². The molecule has 0 aliphatic carbocycles. The number of ether oxygens (including phenoxy) is 1. The Morgan fingerprint density at radius 3 is 2.64 bits per heavy atom. The van der Waals surface area contributed by atoms with Gasteiger partial charge in [-0.3, -0.25) is 4.98 Å². The number of aryl methyl sites for hydroxylation is 2. The molecule has 130 valence electrons. The lowest BCUT2D eigenvalue weighted by atomic mass is 10.1. The van der Waals surface area contributed by atoms with Crippen molar-refractivity contribution in [1.82, 2.24) is 19.7 Å². The van der Waals surface area contributed by atoms with Gasteiger partial charge in [-0.15, -0.1) is 10.2 Å². The second kappa shape index (κ2) is 8.16. The minimum absolute atomic E-state index is 0.635. The summed E-state index contributed by atoms with van der Waals surface area (Å²) in [6.07, 6.45) is 3.55. The normalized spacial score (nSPS) is 10.8. The first-order chi connectivity index (χ1) is 12.2. The van der Waals surface area contributed by atoms with E-state index < -0.39 is 0 Å². The smallest absolute Gasteiger partial charge is 0.191 e.